The Balaban J connectivity index is 1.46. The van der Waals surface area contributed by atoms with Crippen molar-refractivity contribution in [1.29, 1.82) is 0 Å². The third-order valence-corrected chi connectivity index (χ3v) is 9.04. The molecule has 1 atom stereocenters. The average Bonchev–Trinajstić information content (AvgIpc) is 3.49. The number of fused-ring (bicyclic) bond motifs is 5. The quantitative estimate of drug-likeness (QED) is 0.307. The standard InChI is InChI=1S/C31H33N3O2S/c1-4-36-24-15-12-22(13-16-24)29-27-9-7-17-33(27)30-26(25-8-5-6-10-28(25)37-30)19-34(29)31(35)32-23-14-11-20(2)21(3)18-23/h7,9,11-18,29H,4-6,8,10,19H2,1-3H3,(H,32,35). The van der Waals surface area contributed by atoms with Gasteiger partial charge in [0, 0.05) is 22.3 Å². The van der Waals surface area contributed by atoms with Crippen LogP contribution in [0.5, 0.6) is 5.75 Å². The van der Waals surface area contributed by atoms with Crippen LogP contribution in [-0.2, 0) is 19.4 Å². The lowest BCUT2D eigenvalue weighted by Crippen LogP contribution is -2.38. The highest BCUT2D eigenvalue weighted by Crippen LogP contribution is 2.44. The van der Waals surface area contributed by atoms with Crippen LogP contribution < -0.4 is 10.1 Å². The van der Waals surface area contributed by atoms with E-state index >= 15 is 0 Å². The van der Waals surface area contributed by atoms with Gasteiger partial charge in [0.25, 0.3) is 0 Å². The molecule has 0 saturated carbocycles. The van der Waals surface area contributed by atoms with Gasteiger partial charge in [-0.3, -0.25) is 0 Å². The van der Waals surface area contributed by atoms with Crippen LogP contribution in [0, 0.1) is 13.8 Å². The Morgan fingerprint density at radius 1 is 1.03 bits per heavy atom. The maximum atomic E-state index is 14.1. The highest BCUT2D eigenvalue weighted by atomic mass is 32.1. The van der Waals surface area contributed by atoms with E-state index in [9.17, 15) is 4.79 Å². The van der Waals surface area contributed by atoms with Gasteiger partial charge >= 0.3 is 6.03 Å². The summed E-state index contributed by atoms with van der Waals surface area (Å²) in [6.45, 7) is 7.37. The second-order valence-electron chi connectivity index (χ2n) is 10.1. The number of nitrogens with zero attached hydrogens (tertiary/aromatic N) is 2. The van der Waals surface area contributed by atoms with Crippen molar-refractivity contribution < 1.29 is 9.53 Å². The van der Waals surface area contributed by atoms with E-state index in [1.807, 2.05) is 41.4 Å². The Bertz CT molecular complexity index is 1450. The predicted molar refractivity (Wildman–Crippen MR) is 150 cm³/mol. The molecule has 1 unspecified atom stereocenters. The van der Waals surface area contributed by atoms with E-state index in [1.165, 1.54) is 45.0 Å². The Labute approximate surface area is 222 Å². The van der Waals surface area contributed by atoms with Crippen LogP contribution in [0.15, 0.2) is 60.8 Å². The number of urea groups is 1. The molecule has 2 aromatic carbocycles. The summed E-state index contributed by atoms with van der Waals surface area (Å²) in [5.74, 6) is 0.842. The fraction of sp³-hybridized carbons (Fsp3) is 0.323. The molecular weight excluding hydrogens is 478 g/mol. The number of anilines is 1. The van der Waals surface area contributed by atoms with E-state index in [4.69, 9.17) is 4.74 Å². The molecule has 6 heteroatoms. The van der Waals surface area contributed by atoms with E-state index in [-0.39, 0.29) is 12.1 Å². The first-order valence-corrected chi connectivity index (χ1v) is 14.0. The third kappa shape index (κ3) is 4.33. The van der Waals surface area contributed by atoms with Crippen LogP contribution in [0.4, 0.5) is 10.5 Å². The first kappa shape index (κ1) is 23.9. The molecule has 0 saturated heterocycles. The van der Waals surface area contributed by atoms with Crippen LogP contribution in [0.2, 0.25) is 0 Å². The molecule has 190 valence electrons. The Morgan fingerprint density at radius 3 is 2.62 bits per heavy atom. The van der Waals surface area contributed by atoms with Gasteiger partial charge in [0.05, 0.1) is 24.9 Å². The van der Waals surface area contributed by atoms with E-state index < -0.39 is 0 Å². The number of rotatable bonds is 4. The number of carbonyl (C=O) groups is 1. The van der Waals surface area contributed by atoms with Crippen LogP contribution >= 0.6 is 11.3 Å². The highest BCUT2D eigenvalue weighted by molar-refractivity contribution is 7.15. The molecule has 0 spiro atoms. The van der Waals surface area contributed by atoms with Crippen molar-refractivity contribution in [2.24, 2.45) is 0 Å². The monoisotopic (exact) mass is 511 g/mol. The van der Waals surface area contributed by atoms with Crippen molar-refractivity contribution >= 4 is 23.1 Å². The zero-order valence-electron chi connectivity index (χ0n) is 21.7. The molecule has 2 aromatic heterocycles. The largest absolute Gasteiger partial charge is 0.494 e. The van der Waals surface area contributed by atoms with Crippen molar-refractivity contribution in [3.8, 4) is 10.8 Å². The number of hydrogen-bond acceptors (Lipinski definition) is 3. The first-order chi connectivity index (χ1) is 18.0. The lowest BCUT2D eigenvalue weighted by Gasteiger charge is -2.31. The van der Waals surface area contributed by atoms with E-state index in [1.54, 1.807) is 0 Å². The average molecular weight is 512 g/mol. The third-order valence-electron chi connectivity index (χ3n) is 7.70. The molecule has 1 aliphatic heterocycles. The Kier molecular flexibility index (Phi) is 6.29. The van der Waals surface area contributed by atoms with Crippen molar-refractivity contribution in [2.75, 3.05) is 11.9 Å². The minimum absolute atomic E-state index is 0.0847. The number of nitrogens with one attached hydrogen (secondary N) is 1. The van der Waals surface area contributed by atoms with Crippen molar-refractivity contribution in [1.82, 2.24) is 9.47 Å². The predicted octanol–water partition coefficient (Wildman–Crippen LogP) is 7.57. The molecule has 3 heterocycles. The SMILES string of the molecule is CCOc1ccc(C2c3cccn3-c3sc4c(c3CN2C(=O)Nc2ccc(C)c(C)c2)CCCC4)cc1. The number of ether oxygens (including phenoxy) is 1. The van der Waals surface area contributed by atoms with Gasteiger partial charge in [-0.1, -0.05) is 18.2 Å². The van der Waals surface area contributed by atoms with Gasteiger partial charge in [-0.2, -0.15) is 0 Å². The van der Waals surface area contributed by atoms with Crippen LogP contribution in [-0.4, -0.2) is 22.1 Å². The summed E-state index contributed by atoms with van der Waals surface area (Å²) in [7, 11) is 0. The topological polar surface area (TPSA) is 46.5 Å². The van der Waals surface area contributed by atoms with Gasteiger partial charge in [0.1, 0.15) is 10.8 Å². The van der Waals surface area contributed by atoms with E-state index in [2.05, 4.69) is 66.3 Å². The maximum Gasteiger partial charge on any atom is 0.322 e. The first-order valence-electron chi connectivity index (χ1n) is 13.2. The molecule has 1 N–H and O–H groups in total. The highest BCUT2D eigenvalue weighted by Gasteiger charge is 2.36. The Hall–Kier alpha value is -3.51. The normalized spacial score (nSPS) is 16.4. The zero-order chi connectivity index (χ0) is 25.5. The van der Waals surface area contributed by atoms with Crippen LogP contribution in [0.3, 0.4) is 0 Å². The lowest BCUT2D eigenvalue weighted by atomic mass is 9.95. The summed E-state index contributed by atoms with van der Waals surface area (Å²) in [6.07, 6.45) is 6.85. The molecule has 4 aromatic rings. The molecule has 5 nitrogen and oxygen atoms in total. The molecule has 0 bridgehead atoms. The number of carbonyl (C=O) groups excluding carboxylic acids is 1. The molecule has 2 amide bonds. The van der Waals surface area contributed by atoms with Crippen LogP contribution in [0.25, 0.3) is 5.00 Å². The fourth-order valence-corrected chi connectivity index (χ4v) is 7.07. The summed E-state index contributed by atoms with van der Waals surface area (Å²) in [5.41, 5.74) is 8.15. The summed E-state index contributed by atoms with van der Waals surface area (Å²) < 4.78 is 8.03. The van der Waals surface area contributed by atoms with Crippen molar-refractivity contribution in [3.63, 3.8) is 0 Å². The summed E-state index contributed by atoms with van der Waals surface area (Å²) >= 11 is 1.91. The number of thiophene rings is 1. The minimum Gasteiger partial charge on any atom is -0.494 e. The Morgan fingerprint density at radius 2 is 1.84 bits per heavy atom. The van der Waals surface area contributed by atoms with Gasteiger partial charge in [-0.15, -0.1) is 11.3 Å². The van der Waals surface area contributed by atoms with Crippen LogP contribution in [0.1, 0.15) is 64.2 Å². The van der Waals surface area contributed by atoms with Crippen molar-refractivity contribution in [2.45, 2.75) is 59.0 Å². The summed E-state index contributed by atoms with van der Waals surface area (Å²) in [6, 6.07) is 18.3. The number of aryl methyl sites for hydroxylation is 3. The second-order valence-corrected chi connectivity index (χ2v) is 11.1. The van der Waals surface area contributed by atoms with E-state index in [0.29, 0.717) is 13.2 Å². The van der Waals surface area contributed by atoms with Gasteiger partial charge < -0.3 is 19.5 Å². The van der Waals surface area contributed by atoms with Gasteiger partial charge in [0.15, 0.2) is 0 Å². The van der Waals surface area contributed by atoms with Gasteiger partial charge in [-0.25, -0.2) is 4.79 Å². The van der Waals surface area contributed by atoms with Crippen molar-refractivity contribution in [3.05, 3.63) is 99.2 Å². The summed E-state index contributed by atoms with van der Waals surface area (Å²) in [4.78, 5) is 17.6. The maximum absolute atomic E-state index is 14.1. The second kappa shape index (κ2) is 9.75. The molecular formula is C31H33N3O2S. The number of aromatic nitrogens is 1. The molecule has 0 fully saturated rings. The fourth-order valence-electron chi connectivity index (χ4n) is 5.66. The zero-order valence-corrected chi connectivity index (χ0v) is 22.5. The van der Waals surface area contributed by atoms with Gasteiger partial charge in [0.2, 0.25) is 0 Å². The number of hydrogen-bond donors (Lipinski definition) is 1. The van der Waals surface area contributed by atoms with E-state index in [0.717, 1.165) is 35.5 Å². The summed E-state index contributed by atoms with van der Waals surface area (Å²) in [5, 5.41) is 4.49. The van der Waals surface area contributed by atoms with Gasteiger partial charge in [-0.05, 0) is 105 Å². The number of amides is 2. The minimum atomic E-state index is -0.226. The molecule has 2 aliphatic rings. The number of benzene rings is 2. The molecule has 6 rings (SSSR count). The molecule has 0 radical (unpaired) electrons. The smallest absolute Gasteiger partial charge is 0.322 e. The molecule has 1 aliphatic carbocycles. The molecule has 37 heavy (non-hydrogen) atoms. The lowest BCUT2D eigenvalue weighted by molar-refractivity contribution is 0.194.